The first-order chi connectivity index (χ1) is 9.04. The van der Waals surface area contributed by atoms with Crippen LogP contribution in [0.25, 0.3) is 11.5 Å². The van der Waals surface area contributed by atoms with Gasteiger partial charge in [-0.05, 0) is 30.0 Å². The van der Waals surface area contributed by atoms with Crippen molar-refractivity contribution in [1.29, 1.82) is 0 Å². The topological polar surface area (TPSA) is 76.2 Å². The second kappa shape index (κ2) is 5.65. The van der Waals surface area contributed by atoms with Crippen molar-refractivity contribution < 1.29 is 14.3 Å². The first-order valence-electron chi connectivity index (χ1n) is 6.18. The fourth-order valence-electron chi connectivity index (χ4n) is 1.83. The average Bonchev–Trinajstić information content (AvgIpc) is 2.76. The molecule has 1 aromatic carbocycles. The van der Waals surface area contributed by atoms with Gasteiger partial charge in [0, 0.05) is 5.56 Å². The van der Waals surface area contributed by atoms with Gasteiger partial charge >= 0.3 is 5.97 Å². The Morgan fingerprint density at radius 1 is 1.26 bits per heavy atom. The smallest absolute Gasteiger partial charge is 0.312 e. The van der Waals surface area contributed by atoms with E-state index >= 15 is 0 Å². The molecule has 0 bridgehead atoms. The number of aliphatic carboxylic acids is 1. The fraction of sp³-hybridized carbons (Fsp3) is 0.357. The Balaban J connectivity index is 2.13. The molecule has 0 amide bonds. The van der Waals surface area contributed by atoms with Gasteiger partial charge < -0.3 is 9.52 Å². The van der Waals surface area contributed by atoms with Gasteiger partial charge in [0.1, 0.15) is 6.42 Å². The molecule has 0 atom stereocenters. The third-order valence-electron chi connectivity index (χ3n) is 2.61. The van der Waals surface area contributed by atoms with Crippen molar-refractivity contribution >= 4 is 5.97 Å². The summed E-state index contributed by atoms with van der Waals surface area (Å²) in [4.78, 5) is 10.5. The molecule has 5 nitrogen and oxygen atoms in total. The summed E-state index contributed by atoms with van der Waals surface area (Å²) in [5.41, 5.74) is 2.06. The first-order valence-corrected chi connectivity index (χ1v) is 6.18. The molecule has 2 rings (SSSR count). The second-order valence-corrected chi connectivity index (χ2v) is 4.87. The zero-order valence-corrected chi connectivity index (χ0v) is 11.0. The number of hydrogen-bond acceptors (Lipinski definition) is 4. The molecule has 1 heterocycles. The van der Waals surface area contributed by atoms with Crippen molar-refractivity contribution in [3.8, 4) is 11.5 Å². The molecule has 0 spiro atoms. The maximum Gasteiger partial charge on any atom is 0.312 e. The Hall–Kier alpha value is -2.17. The summed E-state index contributed by atoms with van der Waals surface area (Å²) in [6.45, 7) is 4.34. The zero-order chi connectivity index (χ0) is 13.8. The predicted molar refractivity (Wildman–Crippen MR) is 69.6 cm³/mol. The second-order valence-electron chi connectivity index (χ2n) is 4.87. The molecule has 0 aliphatic rings. The number of hydrogen-bond donors (Lipinski definition) is 1. The van der Waals surface area contributed by atoms with Gasteiger partial charge in [0.2, 0.25) is 11.8 Å². The van der Waals surface area contributed by atoms with Gasteiger partial charge in [0.25, 0.3) is 0 Å². The van der Waals surface area contributed by atoms with E-state index in [2.05, 4.69) is 24.0 Å². The van der Waals surface area contributed by atoms with Crippen molar-refractivity contribution in [2.75, 3.05) is 0 Å². The minimum absolute atomic E-state index is 0.119. The van der Waals surface area contributed by atoms with Gasteiger partial charge in [0.05, 0.1) is 0 Å². The molecule has 2 aromatic rings. The lowest BCUT2D eigenvalue weighted by Gasteiger charge is -2.04. The van der Waals surface area contributed by atoms with Crippen LogP contribution in [0.15, 0.2) is 28.7 Å². The van der Waals surface area contributed by atoms with Gasteiger partial charge in [0.15, 0.2) is 0 Å². The number of carboxylic acid groups (broad SMARTS) is 1. The number of carbonyl (C=O) groups is 1. The van der Waals surface area contributed by atoms with Gasteiger partial charge in [-0.3, -0.25) is 4.79 Å². The largest absolute Gasteiger partial charge is 0.481 e. The maximum atomic E-state index is 10.5. The summed E-state index contributed by atoms with van der Waals surface area (Å²) < 4.78 is 5.30. The van der Waals surface area contributed by atoms with Gasteiger partial charge in [-0.2, -0.15) is 0 Å². The summed E-state index contributed by atoms with van der Waals surface area (Å²) in [7, 11) is 0. The quantitative estimate of drug-likeness (QED) is 0.894. The van der Waals surface area contributed by atoms with Crippen LogP contribution >= 0.6 is 0 Å². The molecule has 1 N–H and O–H groups in total. The molecule has 0 radical (unpaired) electrons. The Morgan fingerprint density at radius 2 is 1.95 bits per heavy atom. The third-order valence-corrected chi connectivity index (χ3v) is 2.61. The van der Waals surface area contributed by atoms with Crippen molar-refractivity contribution in [2.24, 2.45) is 5.92 Å². The molecular weight excluding hydrogens is 244 g/mol. The lowest BCUT2D eigenvalue weighted by molar-refractivity contribution is -0.136. The molecular formula is C14H16N2O3. The van der Waals surface area contributed by atoms with Crippen LogP contribution in [0.4, 0.5) is 0 Å². The minimum Gasteiger partial charge on any atom is -0.481 e. The van der Waals surface area contributed by atoms with E-state index in [-0.39, 0.29) is 12.3 Å². The number of rotatable bonds is 5. The van der Waals surface area contributed by atoms with Crippen LogP contribution in [-0.2, 0) is 17.6 Å². The molecule has 100 valence electrons. The minimum atomic E-state index is -0.984. The molecule has 19 heavy (non-hydrogen) atoms. The van der Waals surface area contributed by atoms with E-state index in [1.807, 2.05) is 24.3 Å². The average molecular weight is 260 g/mol. The highest BCUT2D eigenvalue weighted by atomic mass is 16.4. The van der Waals surface area contributed by atoms with E-state index in [0.29, 0.717) is 11.8 Å². The van der Waals surface area contributed by atoms with Crippen LogP contribution in [0.2, 0.25) is 0 Å². The lowest BCUT2D eigenvalue weighted by atomic mass is 10.0. The molecule has 0 unspecified atom stereocenters. The monoisotopic (exact) mass is 260 g/mol. The Morgan fingerprint density at radius 3 is 2.53 bits per heavy atom. The number of nitrogens with zero attached hydrogens (tertiary/aromatic N) is 2. The van der Waals surface area contributed by atoms with E-state index in [0.717, 1.165) is 12.0 Å². The fourth-order valence-corrected chi connectivity index (χ4v) is 1.83. The zero-order valence-electron chi connectivity index (χ0n) is 11.0. The standard InChI is InChI=1S/C14H16N2O3/c1-9(2)7-10-3-5-11(6-4-10)14-16-15-12(19-14)8-13(17)18/h3-6,9H,7-8H2,1-2H3,(H,17,18). The van der Waals surface area contributed by atoms with Crippen molar-refractivity contribution in [2.45, 2.75) is 26.7 Å². The van der Waals surface area contributed by atoms with Crippen LogP contribution in [-0.4, -0.2) is 21.3 Å². The van der Waals surface area contributed by atoms with Crippen molar-refractivity contribution in [3.05, 3.63) is 35.7 Å². The van der Waals surface area contributed by atoms with Crippen LogP contribution in [0.5, 0.6) is 0 Å². The van der Waals surface area contributed by atoms with E-state index in [1.54, 1.807) is 0 Å². The Labute approximate surface area is 111 Å². The van der Waals surface area contributed by atoms with Crippen LogP contribution in [0.1, 0.15) is 25.3 Å². The highest BCUT2D eigenvalue weighted by molar-refractivity contribution is 5.68. The SMILES string of the molecule is CC(C)Cc1ccc(-c2nnc(CC(=O)O)o2)cc1. The first kappa shape index (κ1) is 13.3. The van der Waals surface area contributed by atoms with Crippen LogP contribution in [0.3, 0.4) is 0 Å². The van der Waals surface area contributed by atoms with Crippen LogP contribution in [0, 0.1) is 5.92 Å². The Kier molecular flexibility index (Phi) is 3.94. The highest BCUT2D eigenvalue weighted by Crippen LogP contribution is 2.19. The van der Waals surface area contributed by atoms with Crippen LogP contribution < -0.4 is 0 Å². The van der Waals surface area contributed by atoms with Gasteiger partial charge in [-0.1, -0.05) is 26.0 Å². The molecule has 5 heteroatoms. The summed E-state index contributed by atoms with van der Waals surface area (Å²) in [6, 6.07) is 7.87. The van der Waals surface area contributed by atoms with E-state index in [9.17, 15) is 4.79 Å². The number of benzene rings is 1. The van der Waals surface area contributed by atoms with Crippen molar-refractivity contribution in [3.63, 3.8) is 0 Å². The molecule has 1 aromatic heterocycles. The predicted octanol–water partition coefficient (Wildman–Crippen LogP) is 2.56. The summed E-state index contributed by atoms with van der Waals surface area (Å²) in [5, 5.41) is 16.2. The molecule has 0 fully saturated rings. The van der Waals surface area contributed by atoms with E-state index in [1.165, 1.54) is 5.56 Å². The molecule has 0 aliphatic heterocycles. The van der Waals surface area contributed by atoms with E-state index in [4.69, 9.17) is 9.52 Å². The Bertz CT molecular complexity index is 558. The van der Waals surface area contributed by atoms with Gasteiger partial charge in [-0.25, -0.2) is 0 Å². The normalized spacial score (nSPS) is 10.9. The number of aromatic nitrogens is 2. The molecule has 0 saturated heterocycles. The van der Waals surface area contributed by atoms with E-state index < -0.39 is 5.97 Å². The molecule has 0 aliphatic carbocycles. The van der Waals surface area contributed by atoms with Crippen molar-refractivity contribution in [1.82, 2.24) is 10.2 Å². The summed E-state index contributed by atoms with van der Waals surface area (Å²) in [6.07, 6.45) is 0.771. The third kappa shape index (κ3) is 3.64. The van der Waals surface area contributed by atoms with Gasteiger partial charge in [-0.15, -0.1) is 10.2 Å². The highest BCUT2D eigenvalue weighted by Gasteiger charge is 2.11. The number of carboxylic acids is 1. The summed E-state index contributed by atoms with van der Waals surface area (Å²) in [5.74, 6) is 0.0972. The lowest BCUT2D eigenvalue weighted by Crippen LogP contribution is -1.99. The maximum absolute atomic E-state index is 10.5. The summed E-state index contributed by atoms with van der Waals surface area (Å²) >= 11 is 0. The molecule has 0 saturated carbocycles.